The average Bonchev–Trinajstić information content (AvgIpc) is 2.73. The maximum absolute atomic E-state index is 11.5. The van der Waals surface area contributed by atoms with Crippen LogP contribution in [0.3, 0.4) is 0 Å². The maximum atomic E-state index is 11.5. The molecule has 0 aliphatic carbocycles. The summed E-state index contributed by atoms with van der Waals surface area (Å²) in [4.78, 5) is 17.7. The molecule has 82 valence electrons. The molecule has 1 aromatic rings. The molecule has 0 N–H and O–H groups in total. The number of piperidine rings is 1. The number of hydrogen-bond donors (Lipinski definition) is 0. The number of nitrogens with zero attached hydrogens (tertiary/aromatic N) is 3. The molecule has 0 radical (unpaired) electrons. The average molecular weight is 209 g/mol. The SMILES string of the molecule is CCC1CN(Cc2ncon2)CCC1=O. The molecule has 15 heavy (non-hydrogen) atoms. The summed E-state index contributed by atoms with van der Waals surface area (Å²) in [5.74, 6) is 1.27. The third-order valence-electron chi connectivity index (χ3n) is 2.87. The summed E-state index contributed by atoms with van der Waals surface area (Å²) in [6.07, 6.45) is 2.90. The molecule has 0 amide bonds. The van der Waals surface area contributed by atoms with Gasteiger partial charge in [0.1, 0.15) is 5.78 Å². The van der Waals surface area contributed by atoms with Crippen LogP contribution in [0.15, 0.2) is 10.9 Å². The predicted octanol–water partition coefficient (Wildman–Crippen LogP) is 0.871. The Kier molecular flexibility index (Phi) is 3.11. The number of Topliss-reactive ketones (excluding diaryl/α,β-unsaturated/α-hetero) is 1. The van der Waals surface area contributed by atoms with E-state index < -0.39 is 0 Å². The second-order valence-corrected chi connectivity index (χ2v) is 3.90. The molecule has 1 aliphatic rings. The van der Waals surface area contributed by atoms with Crippen LogP contribution in [0, 0.1) is 5.92 Å². The highest BCUT2D eigenvalue weighted by Crippen LogP contribution is 2.17. The van der Waals surface area contributed by atoms with E-state index in [9.17, 15) is 4.79 Å². The molecular weight excluding hydrogens is 194 g/mol. The number of carbonyl (C=O) groups excluding carboxylic acids is 1. The lowest BCUT2D eigenvalue weighted by Gasteiger charge is -2.30. The van der Waals surface area contributed by atoms with Crippen molar-refractivity contribution in [1.82, 2.24) is 15.0 Å². The summed E-state index contributed by atoms with van der Waals surface area (Å²) in [5, 5.41) is 3.77. The van der Waals surface area contributed by atoms with Crippen LogP contribution in [0.4, 0.5) is 0 Å². The van der Waals surface area contributed by atoms with Gasteiger partial charge in [0.15, 0.2) is 5.82 Å². The fourth-order valence-electron chi connectivity index (χ4n) is 1.94. The van der Waals surface area contributed by atoms with E-state index in [1.165, 1.54) is 6.39 Å². The molecule has 0 aromatic carbocycles. The van der Waals surface area contributed by atoms with Crippen LogP contribution in [0.5, 0.6) is 0 Å². The monoisotopic (exact) mass is 209 g/mol. The topological polar surface area (TPSA) is 59.2 Å². The number of aromatic nitrogens is 2. The highest BCUT2D eigenvalue weighted by atomic mass is 16.5. The van der Waals surface area contributed by atoms with Crippen LogP contribution in [-0.4, -0.2) is 33.9 Å². The smallest absolute Gasteiger partial charge is 0.213 e. The first-order chi connectivity index (χ1) is 7.29. The zero-order chi connectivity index (χ0) is 10.7. The van der Waals surface area contributed by atoms with Gasteiger partial charge >= 0.3 is 0 Å². The first-order valence-corrected chi connectivity index (χ1v) is 5.30. The van der Waals surface area contributed by atoms with Gasteiger partial charge in [0.2, 0.25) is 6.39 Å². The Labute approximate surface area is 88.5 Å². The van der Waals surface area contributed by atoms with Crippen molar-refractivity contribution < 1.29 is 9.32 Å². The van der Waals surface area contributed by atoms with Crippen molar-refractivity contribution in [2.45, 2.75) is 26.3 Å². The molecule has 1 aromatic heterocycles. The van der Waals surface area contributed by atoms with Crippen molar-refractivity contribution in [3.8, 4) is 0 Å². The zero-order valence-electron chi connectivity index (χ0n) is 8.85. The van der Waals surface area contributed by atoms with Crippen LogP contribution in [-0.2, 0) is 11.3 Å². The van der Waals surface area contributed by atoms with Gasteiger partial charge in [0.25, 0.3) is 0 Å². The van der Waals surface area contributed by atoms with Crippen LogP contribution >= 0.6 is 0 Å². The Balaban J connectivity index is 1.92. The van der Waals surface area contributed by atoms with Crippen molar-refractivity contribution >= 4 is 5.78 Å². The van der Waals surface area contributed by atoms with Gasteiger partial charge in [0, 0.05) is 25.4 Å². The van der Waals surface area contributed by atoms with Gasteiger partial charge in [-0.2, -0.15) is 4.98 Å². The van der Waals surface area contributed by atoms with E-state index in [-0.39, 0.29) is 5.92 Å². The van der Waals surface area contributed by atoms with Crippen molar-refractivity contribution in [3.63, 3.8) is 0 Å². The van der Waals surface area contributed by atoms with E-state index in [0.29, 0.717) is 24.6 Å². The first kappa shape index (κ1) is 10.3. The highest BCUT2D eigenvalue weighted by Gasteiger charge is 2.26. The normalized spacial score (nSPS) is 23.3. The van der Waals surface area contributed by atoms with Crippen LogP contribution in [0.1, 0.15) is 25.6 Å². The quantitative estimate of drug-likeness (QED) is 0.739. The summed E-state index contributed by atoms with van der Waals surface area (Å²) in [7, 11) is 0. The summed E-state index contributed by atoms with van der Waals surface area (Å²) in [5.41, 5.74) is 0. The third-order valence-corrected chi connectivity index (χ3v) is 2.87. The lowest BCUT2D eigenvalue weighted by atomic mass is 9.94. The second kappa shape index (κ2) is 4.53. The minimum absolute atomic E-state index is 0.186. The summed E-state index contributed by atoms with van der Waals surface area (Å²) in [6.45, 7) is 4.37. The highest BCUT2D eigenvalue weighted by molar-refractivity contribution is 5.82. The fraction of sp³-hybridized carbons (Fsp3) is 0.700. The molecule has 1 atom stereocenters. The molecule has 1 fully saturated rings. The maximum Gasteiger partial charge on any atom is 0.213 e. The van der Waals surface area contributed by atoms with E-state index in [1.54, 1.807) is 0 Å². The molecule has 0 bridgehead atoms. The van der Waals surface area contributed by atoms with Crippen LogP contribution in [0.25, 0.3) is 0 Å². The Bertz CT molecular complexity index is 323. The van der Waals surface area contributed by atoms with Crippen molar-refractivity contribution in [2.24, 2.45) is 5.92 Å². The molecule has 5 heteroatoms. The van der Waals surface area contributed by atoms with Gasteiger partial charge in [-0.15, -0.1) is 0 Å². The predicted molar refractivity (Wildman–Crippen MR) is 53.0 cm³/mol. The molecule has 1 saturated heterocycles. The van der Waals surface area contributed by atoms with Crippen molar-refractivity contribution in [3.05, 3.63) is 12.2 Å². The standard InChI is InChI=1S/C10H15N3O2/c1-2-8-5-13(4-3-9(8)14)6-10-11-7-15-12-10/h7-8H,2-6H2,1H3. The van der Waals surface area contributed by atoms with Gasteiger partial charge in [-0.1, -0.05) is 12.1 Å². The first-order valence-electron chi connectivity index (χ1n) is 5.30. The van der Waals surface area contributed by atoms with E-state index in [0.717, 1.165) is 19.5 Å². The van der Waals surface area contributed by atoms with Gasteiger partial charge in [0.05, 0.1) is 6.54 Å². The molecule has 0 saturated carbocycles. The number of hydrogen-bond acceptors (Lipinski definition) is 5. The zero-order valence-corrected chi connectivity index (χ0v) is 8.85. The Morgan fingerprint density at radius 1 is 1.67 bits per heavy atom. The van der Waals surface area contributed by atoms with E-state index in [4.69, 9.17) is 0 Å². The molecule has 1 aliphatic heterocycles. The Morgan fingerprint density at radius 3 is 3.20 bits per heavy atom. The van der Waals surface area contributed by atoms with Crippen molar-refractivity contribution in [2.75, 3.05) is 13.1 Å². The molecule has 0 spiro atoms. The lowest BCUT2D eigenvalue weighted by Crippen LogP contribution is -2.40. The molecular formula is C10H15N3O2. The molecule has 1 unspecified atom stereocenters. The minimum atomic E-state index is 0.186. The van der Waals surface area contributed by atoms with Crippen LogP contribution < -0.4 is 0 Å². The van der Waals surface area contributed by atoms with Gasteiger partial charge in [-0.05, 0) is 6.42 Å². The number of likely N-dealkylation sites (tertiary alicyclic amines) is 1. The molecule has 2 rings (SSSR count). The third kappa shape index (κ3) is 2.41. The van der Waals surface area contributed by atoms with Gasteiger partial charge in [-0.25, -0.2) is 0 Å². The summed E-state index contributed by atoms with van der Waals surface area (Å²) >= 11 is 0. The fourth-order valence-corrected chi connectivity index (χ4v) is 1.94. The van der Waals surface area contributed by atoms with E-state index in [1.807, 2.05) is 0 Å². The minimum Gasteiger partial charge on any atom is -0.343 e. The number of ketones is 1. The van der Waals surface area contributed by atoms with E-state index >= 15 is 0 Å². The number of rotatable bonds is 3. The summed E-state index contributed by atoms with van der Waals surface area (Å²) in [6, 6.07) is 0. The Morgan fingerprint density at radius 2 is 2.53 bits per heavy atom. The summed E-state index contributed by atoms with van der Waals surface area (Å²) < 4.78 is 4.68. The largest absolute Gasteiger partial charge is 0.343 e. The molecule has 2 heterocycles. The second-order valence-electron chi connectivity index (χ2n) is 3.90. The van der Waals surface area contributed by atoms with E-state index in [2.05, 4.69) is 26.5 Å². The van der Waals surface area contributed by atoms with Crippen molar-refractivity contribution in [1.29, 1.82) is 0 Å². The Hall–Kier alpha value is -1.23. The molecule has 5 nitrogen and oxygen atoms in total. The van der Waals surface area contributed by atoms with Gasteiger partial charge in [-0.3, -0.25) is 9.69 Å². The van der Waals surface area contributed by atoms with Gasteiger partial charge < -0.3 is 4.52 Å². The lowest BCUT2D eigenvalue weighted by molar-refractivity contribution is -0.126. The van der Waals surface area contributed by atoms with Crippen LogP contribution in [0.2, 0.25) is 0 Å². The number of carbonyl (C=O) groups is 1.